The monoisotopic (exact) mass is 276 g/mol. The van der Waals surface area contributed by atoms with E-state index in [4.69, 9.17) is 0 Å². The summed E-state index contributed by atoms with van der Waals surface area (Å²) in [6.07, 6.45) is 2.89. The zero-order chi connectivity index (χ0) is 14.7. The van der Waals surface area contributed by atoms with Crippen LogP contribution in [0.15, 0.2) is 6.20 Å². The lowest BCUT2D eigenvalue weighted by Crippen LogP contribution is -2.26. The highest BCUT2D eigenvalue weighted by Gasteiger charge is 2.13. The molecule has 0 saturated heterocycles. The van der Waals surface area contributed by atoms with Gasteiger partial charge in [-0.15, -0.1) is 0 Å². The van der Waals surface area contributed by atoms with Crippen molar-refractivity contribution in [2.75, 3.05) is 18.9 Å². The second-order valence-electron chi connectivity index (χ2n) is 5.43. The summed E-state index contributed by atoms with van der Waals surface area (Å²) in [5, 5.41) is 8.63. The number of nitrogens with one attached hydrogen (secondary N) is 1. The van der Waals surface area contributed by atoms with Crippen molar-refractivity contribution in [3.63, 3.8) is 0 Å². The van der Waals surface area contributed by atoms with Gasteiger partial charge >= 0.3 is 0 Å². The normalized spacial score (nSPS) is 11.8. The average molecular weight is 276 g/mol. The Hall–Kier alpha value is -1.69. The smallest absolute Gasteiger partial charge is 0.163 e. The molecule has 2 rings (SSSR count). The minimum atomic E-state index is 0.466. The highest BCUT2D eigenvalue weighted by molar-refractivity contribution is 5.86. The van der Waals surface area contributed by atoms with E-state index < -0.39 is 0 Å². The lowest BCUT2D eigenvalue weighted by Gasteiger charge is -2.20. The summed E-state index contributed by atoms with van der Waals surface area (Å²) in [5.41, 5.74) is 0.880. The van der Waals surface area contributed by atoms with Crippen molar-refractivity contribution in [1.82, 2.24) is 24.6 Å². The number of fused-ring (bicyclic) bond motifs is 1. The van der Waals surface area contributed by atoms with Crippen LogP contribution in [0.4, 0.5) is 5.82 Å². The molecule has 0 unspecified atom stereocenters. The third-order valence-electron chi connectivity index (χ3n) is 3.45. The lowest BCUT2D eigenvalue weighted by atomic mass is 10.3. The van der Waals surface area contributed by atoms with Gasteiger partial charge in [-0.3, -0.25) is 9.58 Å². The molecule has 0 amide bonds. The predicted octanol–water partition coefficient (Wildman–Crippen LogP) is 2.03. The van der Waals surface area contributed by atoms with Gasteiger partial charge in [0, 0.05) is 19.6 Å². The predicted molar refractivity (Wildman–Crippen MR) is 81.7 cm³/mol. The maximum Gasteiger partial charge on any atom is 0.163 e. The Morgan fingerprint density at radius 3 is 2.75 bits per heavy atom. The van der Waals surface area contributed by atoms with Gasteiger partial charge < -0.3 is 5.32 Å². The first-order valence-corrected chi connectivity index (χ1v) is 7.15. The van der Waals surface area contributed by atoms with Gasteiger partial charge in [-0.05, 0) is 27.3 Å². The summed E-state index contributed by atoms with van der Waals surface area (Å²) in [4.78, 5) is 11.5. The number of nitrogens with zero attached hydrogens (tertiary/aromatic N) is 5. The Balaban J connectivity index is 2.37. The van der Waals surface area contributed by atoms with E-state index in [1.807, 2.05) is 13.2 Å². The first-order chi connectivity index (χ1) is 9.52. The maximum atomic E-state index is 4.66. The van der Waals surface area contributed by atoms with E-state index in [9.17, 15) is 0 Å². The van der Waals surface area contributed by atoms with E-state index in [-0.39, 0.29) is 0 Å². The minimum absolute atomic E-state index is 0.466. The van der Waals surface area contributed by atoms with E-state index >= 15 is 0 Å². The largest absolute Gasteiger partial charge is 0.369 e. The van der Waals surface area contributed by atoms with Gasteiger partial charge in [0.05, 0.1) is 18.1 Å². The molecule has 2 heterocycles. The third kappa shape index (κ3) is 3.07. The van der Waals surface area contributed by atoms with Crippen LogP contribution in [0.5, 0.6) is 0 Å². The van der Waals surface area contributed by atoms with Gasteiger partial charge in [-0.25, -0.2) is 9.97 Å². The molecule has 0 atom stereocenters. The maximum absolute atomic E-state index is 4.66. The van der Waals surface area contributed by atoms with Gasteiger partial charge in [0.15, 0.2) is 5.65 Å². The topological polar surface area (TPSA) is 58.9 Å². The van der Waals surface area contributed by atoms with Gasteiger partial charge in [0.1, 0.15) is 11.6 Å². The van der Waals surface area contributed by atoms with E-state index in [2.05, 4.69) is 53.1 Å². The van der Waals surface area contributed by atoms with Gasteiger partial charge in [0.2, 0.25) is 0 Å². The molecule has 0 radical (unpaired) electrons. The molecule has 0 saturated carbocycles. The number of hydrogen-bond acceptors (Lipinski definition) is 5. The summed E-state index contributed by atoms with van der Waals surface area (Å²) in [6.45, 7) is 8.11. The van der Waals surface area contributed by atoms with E-state index in [1.165, 1.54) is 0 Å². The van der Waals surface area contributed by atoms with Crippen LogP contribution < -0.4 is 5.32 Å². The lowest BCUT2D eigenvalue weighted by molar-refractivity contribution is 0.259. The fraction of sp³-hybridized carbons (Fsp3) is 0.643. The number of anilines is 1. The van der Waals surface area contributed by atoms with Crippen molar-refractivity contribution in [3.05, 3.63) is 12.0 Å². The Kier molecular flexibility index (Phi) is 4.54. The van der Waals surface area contributed by atoms with Crippen molar-refractivity contribution < 1.29 is 0 Å². The zero-order valence-electron chi connectivity index (χ0n) is 13.0. The van der Waals surface area contributed by atoms with Crippen LogP contribution in [0.2, 0.25) is 0 Å². The van der Waals surface area contributed by atoms with Crippen molar-refractivity contribution in [2.24, 2.45) is 7.05 Å². The fourth-order valence-electron chi connectivity index (χ4n) is 1.92. The van der Waals surface area contributed by atoms with Crippen molar-refractivity contribution >= 4 is 16.9 Å². The first kappa shape index (κ1) is 14.7. The zero-order valence-corrected chi connectivity index (χ0v) is 13.0. The molecule has 0 spiro atoms. The third-order valence-corrected chi connectivity index (χ3v) is 3.45. The van der Waals surface area contributed by atoms with Gasteiger partial charge in [-0.2, -0.15) is 5.10 Å². The summed E-state index contributed by atoms with van der Waals surface area (Å²) in [5.74, 6) is 1.72. The molecule has 6 nitrogen and oxygen atoms in total. The number of rotatable bonds is 6. The van der Waals surface area contributed by atoms with Crippen LogP contribution in [-0.4, -0.2) is 44.3 Å². The van der Waals surface area contributed by atoms with E-state index in [1.54, 1.807) is 4.68 Å². The molecule has 0 aliphatic carbocycles. The molecule has 110 valence electrons. The molecule has 0 bridgehead atoms. The molecule has 0 fully saturated rings. The molecule has 0 aliphatic rings. The van der Waals surface area contributed by atoms with E-state index in [0.717, 1.165) is 42.2 Å². The molecular formula is C14H24N6. The van der Waals surface area contributed by atoms with Crippen LogP contribution in [-0.2, 0) is 13.6 Å². The highest BCUT2D eigenvalue weighted by Crippen LogP contribution is 2.20. The van der Waals surface area contributed by atoms with E-state index in [0.29, 0.717) is 6.04 Å². The quantitative estimate of drug-likeness (QED) is 0.874. The standard InChI is InChI=1S/C14H24N6/c1-6-7-15-13-11-8-16-20(5)14(11)18-12(17-13)9-19(4)10(2)3/h8,10H,6-7,9H2,1-5H3,(H,15,17,18). The molecule has 0 aromatic carbocycles. The number of hydrogen-bond donors (Lipinski definition) is 1. The Labute approximate surface area is 120 Å². The average Bonchev–Trinajstić information content (AvgIpc) is 2.78. The SMILES string of the molecule is CCCNc1nc(CN(C)C(C)C)nc2c1cnn2C. The van der Waals surface area contributed by atoms with Crippen molar-refractivity contribution in [2.45, 2.75) is 39.8 Å². The Morgan fingerprint density at radius 2 is 2.10 bits per heavy atom. The number of aromatic nitrogens is 4. The first-order valence-electron chi connectivity index (χ1n) is 7.15. The molecular weight excluding hydrogens is 252 g/mol. The molecule has 2 aromatic rings. The molecule has 0 aliphatic heterocycles. The summed E-state index contributed by atoms with van der Waals surface area (Å²) < 4.78 is 1.80. The number of aryl methyl sites for hydroxylation is 1. The molecule has 2 aromatic heterocycles. The molecule has 20 heavy (non-hydrogen) atoms. The van der Waals surface area contributed by atoms with Crippen LogP contribution in [0.1, 0.15) is 33.0 Å². The minimum Gasteiger partial charge on any atom is -0.369 e. The van der Waals surface area contributed by atoms with Crippen LogP contribution >= 0.6 is 0 Å². The highest BCUT2D eigenvalue weighted by atomic mass is 15.3. The molecule has 6 heteroatoms. The van der Waals surface area contributed by atoms with Crippen molar-refractivity contribution in [3.8, 4) is 0 Å². The van der Waals surface area contributed by atoms with Crippen LogP contribution in [0.25, 0.3) is 11.0 Å². The summed E-state index contributed by atoms with van der Waals surface area (Å²) in [6, 6.07) is 0.466. The van der Waals surface area contributed by atoms with Crippen molar-refractivity contribution in [1.29, 1.82) is 0 Å². The van der Waals surface area contributed by atoms with Gasteiger partial charge in [-0.1, -0.05) is 6.92 Å². The summed E-state index contributed by atoms with van der Waals surface area (Å²) in [7, 11) is 4.00. The Morgan fingerprint density at radius 1 is 1.35 bits per heavy atom. The second kappa shape index (κ2) is 6.17. The summed E-state index contributed by atoms with van der Waals surface area (Å²) >= 11 is 0. The van der Waals surface area contributed by atoms with Gasteiger partial charge in [0.25, 0.3) is 0 Å². The Bertz CT molecular complexity index is 574. The van der Waals surface area contributed by atoms with Crippen LogP contribution in [0.3, 0.4) is 0 Å². The van der Waals surface area contributed by atoms with Crippen LogP contribution in [0, 0.1) is 0 Å². The fourth-order valence-corrected chi connectivity index (χ4v) is 1.92. The second-order valence-corrected chi connectivity index (χ2v) is 5.43. The molecule has 1 N–H and O–H groups in total.